The van der Waals surface area contributed by atoms with Crippen molar-refractivity contribution in [3.63, 3.8) is 0 Å². The van der Waals surface area contributed by atoms with Crippen LogP contribution in [0, 0.1) is 5.92 Å². The fourth-order valence-electron chi connectivity index (χ4n) is 4.23. The van der Waals surface area contributed by atoms with E-state index in [-0.39, 0.29) is 0 Å². The maximum absolute atomic E-state index is 6.20. The fourth-order valence-corrected chi connectivity index (χ4v) is 4.23. The molecular formula is C15H27NO. The standard InChI is InChI=1S/C15H27NO/c1-3-8-15(9-4-1)12-13(7-11-17-15)14-6-2-5-10-16-14/h13-14,16H,1-12H2. The Morgan fingerprint density at radius 1 is 0.941 bits per heavy atom. The van der Waals surface area contributed by atoms with Crippen LogP contribution in [0.2, 0.25) is 0 Å². The van der Waals surface area contributed by atoms with Crippen molar-refractivity contribution in [2.45, 2.75) is 75.9 Å². The van der Waals surface area contributed by atoms with Gasteiger partial charge in [0.25, 0.3) is 0 Å². The second kappa shape index (κ2) is 5.27. The maximum atomic E-state index is 6.20. The van der Waals surface area contributed by atoms with Crippen LogP contribution in [0.4, 0.5) is 0 Å². The number of hydrogen-bond donors (Lipinski definition) is 1. The Kier molecular flexibility index (Phi) is 3.72. The zero-order valence-corrected chi connectivity index (χ0v) is 11.0. The van der Waals surface area contributed by atoms with Crippen LogP contribution in [0.3, 0.4) is 0 Å². The highest BCUT2D eigenvalue weighted by atomic mass is 16.5. The van der Waals surface area contributed by atoms with Gasteiger partial charge in [-0.25, -0.2) is 0 Å². The van der Waals surface area contributed by atoms with Crippen LogP contribution >= 0.6 is 0 Å². The smallest absolute Gasteiger partial charge is 0.0685 e. The normalized spacial score (nSPS) is 38.1. The van der Waals surface area contributed by atoms with Crippen molar-refractivity contribution in [3.8, 4) is 0 Å². The van der Waals surface area contributed by atoms with E-state index in [1.165, 1.54) is 70.8 Å². The van der Waals surface area contributed by atoms with Crippen molar-refractivity contribution < 1.29 is 4.74 Å². The lowest BCUT2D eigenvalue weighted by Crippen LogP contribution is -2.49. The summed E-state index contributed by atoms with van der Waals surface area (Å²) in [5, 5.41) is 3.76. The Morgan fingerprint density at radius 2 is 1.82 bits per heavy atom. The van der Waals surface area contributed by atoms with E-state index < -0.39 is 0 Å². The lowest BCUT2D eigenvalue weighted by molar-refractivity contribution is -0.122. The van der Waals surface area contributed by atoms with Gasteiger partial charge in [0.05, 0.1) is 5.60 Å². The van der Waals surface area contributed by atoms with Crippen molar-refractivity contribution in [1.82, 2.24) is 5.32 Å². The fraction of sp³-hybridized carbons (Fsp3) is 1.00. The van der Waals surface area contributed by atoms with Crippen LogP contribution in [0.5, 0.6) is 0 Å². The number of hydrogen-bond acceptors (Lipinski definition) is 2. The van der Waals surface area contributed by atoms with Gasteiger partial charge in [-0.2, -0.15) is 0 Å². The highest BCUT2D eigenvalue weighted by Gasteiger charge is 2.40. The van der Waals surface area contributed by atoms with Gasteiger partial charge < -0.3 is 10.1 Å². The molecule has 98 valence electrons. The van der Waals surface area contributed by atoms with E-state index in [2.05, 4.69) is 5.32 Å². The van der Waals surface area contributed by atoms with Gasteiger partial charge in [-0.05, 0) is 51.0 Å². The van der Waals surface area contributed by atoms with Crippen molar-refractivity contribution in [2.24, 2.45) is 5.92 Å². The number of nitrogens with one attached hydrogen (secondary N) is 1. The number of rotatable bonds is 1. The van der Waals surface area contributed by atoms with Crippen LogP contribution < -0.4 is 5.32 Å². The molecule has 1 aliphatic carbocycles. The molecule has 0 radical (unpaired) electrons. The molecule has 3 aliphatic rings. The first kappa shape index (κ1) is 12.0. The second-order valence-corrected chi connectivity index (χ2v) is 6.40. The van der Waals surface area contributed by atoms with E-state index in [4.69, 9.17) is 4.74 Å². The third kappa shape index (κ3) is 2.68. The molecule has 1 spiro atoms. The minimum absolute atomic E-state index is 0.292. The van der Waals surface area contributed by atoms with E-state index in [9.17, 15) is 0 Å². The number of ether oxygens (including phenoxy) is 1. The molecule has 2 nitrogen and oxygen atoms in total. The summed E-state index contributed by atoms with van der Waals surface area (Å²) < 4.78 is 6.20. The summed E-state index contributed by atoms with van der Waals surface area (Å²) in [7, 11) is 0. The van der Waals surface area contributed by atoms with E-state index in [1.807, 2.05) is 0 Å². The SMILES string of the molecule is C1CCC2(CC1)CC(C1CCCCN1)CCO2. The topological polar surface area (TPSA) is 21.3 Å². The van der Waals surface area contributed by atoms with Gasteiger partial charge >= 0.3 is 0 Å². The summed E-state index contributed by atoms with van der Waals surface area (Å²) in [4.78, 5) is 0. The monoisotopic (exact) mass is 237 g/mol. The average Bonchev–Trinajstić information content (AvgIpc) is 2.41. The molecule has 2 heterocycles. The zero-order chi connectivity index (χ0) is 11.6. The summed E-state index contributed by atoms with van der Waals surface area (Å²) in [5.74, 6) is 0.891. The van der Waals surface area contributed by atoms with Crippen molar-refractivity contribution in [2.75, 3.05) is 13.2 Å². The molecule has 0 bridgehead atoms. The van der Waals surface area contributed by atoms with Crippen molar-refractivity contribution in [3.05, 3.63) is 0 Å². The summed E-state index contributed by atoms with van der Waals surface area (Å²) in [6.45, 7) is 2.26. The molecule has 1 saturated carbocycles. The molecule has 2 atom stereocenters. The molecule has 0 amide bonds. The van der Waals surface area contributed by atoms with Crippen molar-refractivity contribution >= 4 is 0 Å². The maximum Gasteiger partial charge on any atom is 0.0685 e. The van der Waals surface area contributed by atoms with Crippen LogP contribution in [0.15, 0.2) is 0 Å². The Morgan fingerprint density at radius 3 is 2.59 bits per heavy atom. The van der Waals surface area contributed by atoms with Gasteiger partial charge in [0, 0.05) is 12.6 Å². The Hall–Kier alpha value is -0.0800. The Balaban J connectivity index is 1.61. The molecule has 0 aromatic rings. The zero-order valence-electron chi connectivity index (χ0n) is 11.0. The predicted octanol–water partition coefficient (Wildman–Crippen LogP) is 3.26. The quantitative estimate of drug-likeness (QED) is 0.756. The summed E-state index contributed by atoms with van der Waals surface area (Å²) in [5.41, 5.74) is 0.292. The minimum atomic E-state index is 0.292. The number of piperidine rings is 1. The van der Waals surface area contributed by atoms with Gasteiger partial charge in [0.1, 0.15) is 0 Å². The van der Waals surface area contributed by atoms with Gasteiger partial charge in [-0.15, -0.1) is 0 Å². The molecule has 2 unspecified atom stereocenters. The van der Waals surface area contributed by atoms with Gasteiger partial charge in [0.2, 0.25) is 0 Å². The molecule has 1 N–H and O–H groups in total. The largest absolute Gasteiger partial charge is 0.375 e. The lowest BCUT2D eigenvalue weighted by atomic mass is 9.73. The minimum Gasteiger partial charge on any atom is -0.375 e. The lowest BCUT2D eigenvalue weighted by Gasteiger charge is -2.46. The first-order valence-corrected chi connectivity index (χ1v) is 7.75. The van der Waals surface area contributed by atoms with E-state index in [1.54, 1.807) is 0 Å². The third-order valence-corrected chi connectivity index (χ3v) is 5.21. The summed E-state index contributed by atoms with van der Waals surface area (Å²) >= 11 is 0. The molecule has 0 aromatic heterocycles. The molecule has 3 rings (SSSR count). The molecule has 0 aromatic carbocycles. The highest BCUT2D eigenvalue weighted by molar-refractivity contribution is 4.93. The second-order valence-electron chi connectivity index (χ2n) is 6.40. The van der Waals surface area contributed by atoms with E-state index in [0.717, 1.165) is 18.6 Å². The van der Waals surface area contributed by atoms with Crippen LogP contribution in [0.25, 0.3) is 0 Å². The van der Waals surface area contributed by atoms with Gasteiger partial charge in [-0.3, -0.25) is 0 Å². The predicted molar refractivity (Wildman–Crippen MR) is 70.1 cm³/mol. The van der Waals surface area contributed by atoms with Crippen LogP contribution in [-0.2, 0) is 4.74 Å². The molecule has 2 saturated heterocycles. The van der Waals surface area contributed by atoms with Gasteiger partial charge in [-0.1, -0.05) is 25.7 Å². The van der Waals surface area contributed by atoms with Crippen molar-refractivity contribution in [1.29, 1.82) is 0 Å². The molecule has 3 fully saturated rings. The Labute approximate surface area is 105 Å². The van der Waals surface area contributed by atoms with Crippen LogP contribution in [-0.4, -0.2) is 24.8 Å². The van der Waals surface area contributed by atoms with Crippen LogP contribution in [0.1, 0.15) is 64.2 Å². The molecule has 2 aliphatic heterocycles. The summed E-state index contributed by atoms with van der Waals surface area (Å²) in [6.07, 6.45) is 13.7. The highest BCUT2D eigenvalue weighted by Crippen LogP contribution is 2.42. The molecule has 2 heteroatoms. The molecular weight excluding hydrogens is 210 g/mol. The average molecular weight is 237 g/mol. The van der Waals surface area contributed by atoms with Gasteiger partial charge in [0.15, 0.2) is 0 Å². The van der Waals surface area contributed by atoms with E-state index >= 15 is 0 Å². The first-order valence-electron chi connectivity index (χ1n) is 7.75. The first-order chi connectivity index (χ1) is 8.38. The van der Waals surface area contributed by atoms with E-state index in [0.29, 0.717) is 5.60 Å². The third-order valence-electron chi connectivity index (χ3n) is 5.21. The Bertz CT molecular complexity index is 236. The summed E-state index contributed by atoms with van der Waals surface area (Å²) in [6, 6.07) is 0.798. The molecule has 17 heavy (non-hydrogen) atoms.